The van der Waals surface area contributed by atoms with Gasteiger partial charge in [0.15, 0.2) is 5.78 Å². The Morgan fingerprint density at radius 1 is 1.44 bits per heavy atom. The minimum atomic E-state index is -1.07. The lowest BCUT2D eigenvalue weighted by Crippen LogP contribution is -2.08. The van der Waals surface area contributed by atoms with E-state index in [1.54, 1.807) is 6.92 Å². The van der Waals surface area contributed by atoms with Crippen molar-refractivity contribution in [2.75, 3.05) is 7.11 Å². The van der Waals surface area contributed by atoms with Gasteiger partial charge in [-0.05, 0) is 30.7 Å². The predicted molar refractivity (Wildman–Crippen MR) is 59.2 cm³/mol. The van der Waals surface area contributed by atoms with Crippen molar-refractivity contribution in [2.24, 2.45) is 0 Å². The number of allylic oxidation sites excluding steroid dienone is 1. The van der Waals surface area contributed by atoms with Crippen LogP contribution in [-0.4, -0.2) is 24.0 Å². The van der Waals surface area contributed by atoms with Crippen LogP contribution in [0.4, 0.5) is 0 Å². The van der Waals surface area contributed by atoms with Gasteiger partial charge in [0.1, 0.15) is 5.75 Å². The van der Waals surface area contributed by atoms with Gasteiger partial charge in [-0.3, -0.25) is 4.79 Å². The van der Waals surface area contributed by atoms with Crippen LogP contribution in [0.25, 0.3) is 0 Å². The van der Waals surface area contributed by atoms with Gasteiger partial charge in [-0.2, -0.15) is 0 Å². The van der Waals surface area contributed by atoms with Crippen LogP contribution >= 0.6 is 0 Å². The van der Waals surface area contributed by atoms with Crippen molar-refractivity contribution in [1.82, 2.24) is 0 Å². The van der Waals surface area contributed by atoms with E-state index >= 15 is 0 Å². The molecule has 0 spiro atoms. The molecule has 0 saturated heterocycles. The van der Waals surface area contributed by atoms with E-state index in [-0.39, 0.29) is 16.9 Å². The van der Waals surface area contributed by atoms with Gasteiger partial charge in [0.25, 0.3) is 0 Å². The molecule has 0 aliphatic rings. The Morgan fingerprint density at radius 2 is 2.06 bits per heavy atom. The molecule has 16 heavy (non-hydrogen) atoms. The van der Waals surface area contributed by atoms with Gasteiger partial charge in [0, 0.05) is 0 Å². The molecule has 0 fully saturated rings. The molecule has 84 valence electrons. The molecule has 0 bridgehead atoms. The minimum Gasteiger partial charge on any atom is -0.496 e. The normalized spacial score (nSPS) is 9.62. The zero-order valence-electron chi connectivity index (χ0n) is 9.11. The first-order valence-corrected chi connectivity index (χ1v) is 4.60. The molecule has 1 rings (SSSR count). The monoisotopic (exact) mass is 220 g/mol. The minimum absolute atomic E-state index is 0.0889. The van der Waals surface area contributed by atoms with E-state index in [1.807, 2.05) is 0 Å². The van der Waals surface area contributed by atoms with E-state index in [0.29, 0.717) is 11.3 Å². The fourth-order valence-electron chi connectivity index (χ4n) is 1.50. The van der Waals surface area contributed by atoms with Crippen LogP contribution in [0.2, 0.25) is 0 Å². The van der Waals surface area contributed by atoms with Gasteiger partial charge in [-0.1, -0.05) is 6.58 Å². The summed E-state index contributed by atoms with van der Waals surface area (Å²) in [5, 5.41) is 8.93. The highest BCUT2D eigenvalue weighted by atomic mass is 16.5. The summed E-state index contributed by atoms with van der Waals surface area (Å²) in [4.78, 5) is 22.5. The second-order valence-corrected chi connectivity index (χ2v) is 3.19. The smallest absolute Gasteiger partial charge is 0.335 e. The molecule has 0 amide bonds. The fourth-order valence-corrected chi connectivity index (χ4v) is 1.50. The van der Waals surface area contributed by atoms with Gasteiger partial charge in [0.05, 0.1) is 18.2 Å². The first-order valence-electron chi connectivity index (χ1n) is 4.60. The second-order valence-electron chi connectivity index (χ2n) is 3.19. The molecule has 4 heteroatoms. The summed E-state index contributed by atoms with van der Waals surface area (Å²) in [6, 6.07) is 2.88. The lowest BCUT2D eigenvalue weighted by molar-refractivity contribution is 0.0696. The van der Waals surface area contributed by atoms with E-state index < -0.39 is 5.97 Å². The highest BCUT2D eigenvalue weighted by Gasteiger charge is 2.18. The van der Waals surface area contributed by atoms with Crippen molar-refractivity contribution < 1.29 is 19.4 Å². The number of rotatable bonds is 4. The molecular weight excluding hydrogens is 208 g/mol. The number of ketones is 1. The molecule has 0 atom stereocenters. The number of carbonyl (C=O) groups is 2. The maximum absolute atomic E-state index is 11.6. The summed E-state index contributed by atoms with van der Waals surface area (Å²) >= 11 is 0. The third-order valence-electron chi connectivity index (χ3n) is 2.31. The van der Waals surface area contributed by atoms with Crippen molar-refractivity contribution in [3.8, 4) is 5.75 Å². The lowest BCUT2D eigenvalue weighted by Gasteiger charge is -2.11. The van der Waals surface area contributed by atoms with E-state index in [4.69, 9.17) is 9.84 Å². The van der Waals surface area contributed by atoms with Crippen LogP contribution in [0.5, 0.6) is 5.75 Å². The average Bonchev–Trinajstić information content (AvgIpc) is 2.26. The largest absolute Gasteiger partial charge is 0.496 e. The number of hydrogen-bond acceptors (Lipinski definition) is 3. The Labute approximate surface area is 93.2 Å². The summed E-state index contributed by atoms with van der Waals surface area (Å²) in [6.45, 7) is 4.95. The molecule has 0 radical (unpaired) electrons. The first kappa shape index (κ1) is 12.0. The van der Waals surface area contributed by atoms with Gasteiger partial charge < -0.3 is 9.84 Å². The maximum Gasteiger partial charge on any atom is 0.335 e. The predicted octanol–water partition coefficient (Wildman–Crippen LogP) is 2.07. The topological polar surface area (TPSA) is 63.6 Å². The van der Waals surface area contributed by atoms with Gasteiger partial charge in [-0.15, -0.1) is 0 Å². The molecule has 1 N–H and O–H groups in total. The van der Waals surface area contributed by atoms with Crippen LogP contribution in [0.3, 0.4) is 0 Å². The van der Waals surface area contributed by atoms with Crippen LogP contribution in [0, 0.1) is 6.92 Å². The zero-order valence-corrected chi connectivity index (χ0v) is 9.11. The van der Waals surface area contributed by atoms with Crippen molar-refractivity contribution in [3.63, 3.8) is 0 Å². The van der Waals surface area contributed by atoms with E-state index in [2.05, 4.69) is 6.58 Å². The summed E-state index contributed by atoms with van der Waals surface area (Å²) < 4.78 is 5.02. The van der Waals surface area contributed by atoms with Gasteiger partial charge in [0.2, 0.25) is 0 Å². The molecule has 0 aromatic heterocycles. The molecule has 0 unspecified atom stereocenters. The number of methoxy groups -OCH3 is 1. The summed E-state index contributed by atoms with van der Waals surface area (Å²) in [7, 11) is 1.43. The van der Waals surface area contributed by atoms with Crippen molar-refractivity contribution in [1.29, 1.82) is 0 Å². The highest BCUT2D eigenvalue weighted by Crippen LogP contribution is 2.25. The molecule has 0 aliphatic heterocycles. The quantitative estimate of drug-likeness (QED) is 0.623. The Bertz CT molecular complexity index is 460. The number of carboxylic acids is 1. The third kappa shape index (κ3) is 1.95. The molecular formula is C12H12O4. The molecule has 0 saturated carbocycles. The Hall–Kier alpha value is -2.10. The van der Waals surface area contributed by atoms with E-state index in [0.717, 1.165) is 6.08 Å². The Morgan fingerprint density at radius 3 is 2.50 bits per heavy atom. The van der Waals surface area contributed by atoms with Crippen molar-refractivity contribution in [2.45, 2.75) is 6.92 Å². The standard InChI is InChI=1S/C12H12O4/c1-4-9(13)11-7(2)8(12(14)15)5-6-10(11)16-3/h4-6H,1H2,2-3H3,(H,14,15). The lowest BCUT2D eigenvalue weighted by atomic mass is 9.98. The number of benzene rings is 1. The molecule has 0 aliphatic carbocycles. The molecule has 0 heterocycles. The van der Waals surface area contributed by atoms with Crippen LogP contribution in [-0.2, 0) is 0 Å². The average molecular weight is 220 g/mol. The maximum atomic E-state index is 11.6. The van der Waals surface area contributed by atoms with Crippen molar-refractivity contribution in [3.05, 3.63) is 41.5 Å². The summed E-state index contributed by atoms with van der Waals surface area (Å²) in [5.41, 5.74) is 0.722. The highest BCUT2D eigenvalue weighted by molar-refractivity contribution is 6.09. The van der Waals surface area contributed by atoms with E-state index in [9.17, 15) is 9.59 Å². The summed E-state index contributed by atoms with van der Waals surface area (Å²) in [6.07, 6.45) is 1.14. The number of aromatic carboxylic acids is 1. The van der Waals surface area contributed by atoms with Crippen LogP contribution in [0.1, 0.15) is 26.3 Å². The zero-order chi connectivity index (χ0) is 12.3. The number of carbonyl (C=O) groups excluding carboxylic acids is 1. The number of hydrogen-bond donors (Lipinski definition) is 1. The molecule has 4 nitrogen and oxygen atoms in total. The Balaban J connectivity index is 3.52. The molecule has 1 aromatic carbocycles. The van der Waals surface area contributed by atoms with Gasteiger partial charge >= 0.3 is 5.97 Å². The Kier molecular flexibility index (Phi) is 3.45. The third-order valence-corrected chi connectivity index (χ3v) is 2.31. The fraction of sp³-hybridized carbons (Fsp3) is 0.167. The SMILES string of the molecule is C=CC(=O)c1c(OC)ccc(C(=O)O)c1C. The van der Waals surface area contributed by atoms with E-state index in [1.165, 1.54) is 19.2 Å². The first-order chi connectivity index (χ1) is 7.52. The van der Waals surface area contributed by atoms with Gasteiger partial charge in [-0.25, -0.2) is 4.79 Å². The number of carboxylic acid groups (broad SMARTS) is 1. The summed E-state index contributed by atoms with van der Waals surface area (Å²) in [5.74, 6) is -1.07. The van der Waals surface area contributed by atoms with Crippen LogP contribution < -0.4 is 4.74 Å². The van der Waals surface area contributed by atoms with Crippen molar-refractivity contribution >= 4 is 11.8 Å². The number of ether oxygens (including phenoxy) is 1. The second kappa shape index (κ2) is 4.61. The molecule has 1 aromatic rings. The van der Waals surface area contributed by atoms with Crippen LogP contribution in [0.15, 0.2) is 24.8 Å².